The van der Waals surface area contributed by atoms with Crippen LogP contribution in [0.5, 0.6) is 5.75 Å². The number of rotatable bonds is 5. The number of phenolic OH excluding ortho intramolecular Hbond substituents is 1. The number of sulfonamides is 1. The van der Waals surface area contributed by atoms with E-state index >= 15 is 0 Å². The number of hydrogen-bond acceptors (Lipinski definition) is 5. The molecule has 2 N–H and O–H groups in total. The maximum Gasteiger partial charge on any atom is 0.261 e. The monoisotopic (exact) mass is 445 g/mol. The summed E-state index contributed by atoms with van der Waals surface area (Å²) in [6.45, 7) is 6.67. The minimum absolute atomic E-state index is 0.0180. The van der Waals surface area contributed by atoms with E-state index in [0.29, 0.717) is 0 Å². The molecule has 0 atom stereocenters. The zero-order valence-electron chi connectivity index (χ0n) is 17.1. The molecule has 0 radical (unpaired) electrons. The smallest absolute Gasteiger partial charge is 0.261 e. The molecule has 0 unspecified atom stereocenters. The highest BCUT2D eigenvalue weighted by Crippen LogP contribution is 2.38. The van der Waals surface area contributed by atoms with Crippen molar-refractivity contribution in [3.63, 3.8) is 0 Å². The molecule has 3 aromatic rings. The molecule has 30 heavy (non-hydrogen) atoms. The highest BCUT2D eigenvalue weighted by atomic mass is 32.2. The number of hydrogen-bond donors (Lipinski definition) is 2. The van der Waals surface area contributed by atoms with E-state index in [0.717, 1.165) is 11.1 Å². The fourth-order valence-corrected chi connectivity index (χ4v) is 5.84. The minimum Gasteiger partial charge on any atom is -0.506 e. The number of phenols is 1. The van der Waals surface area contributed by atoms with Crippen molar-refractivity contribution in [2.24, 2.45) is 0 Å². The predicted octanol–water partition coefficient (Wildman–Crippen LogP) is 4.26. The molecule has 8 heteroatoms. The van der Waals surface area contributed by atoms with E-state index in [2.05, 4.69) is 4.72 Å². The van der Waals surface area contributed by atoms with Crippen molar-refractivity contribution in [1.29, 1.82) is 0 Å². The lowest BCUT2D eigenvalue weighted by atomic mass is 10.1. The van der Waals surface area contributed by atoms with Crippen LogP contribution < -0.4 is 4.72 Å². The zero-order valence-corrected chi connectivity index (χ0v) is 18.7. The molecule has 0 amide bonds. The summed E-state index contributed by atoms with van der Waals surface area (Å²) in [5, 5.41) is 10.5. The lowest BCUT2D eigenvalue weighted by Gasteiger charge is -2.17. The third kappa shape index (κ3) is 4.06. The molecule has 0 aliphatic heterocycles. The number of aromatic hydroxyl groups is 1. The molecule has 0 fully saturated rings. The first-order valence-corrected chi connectivity index (χ1v) is 12.1. The van der Waals surface area contributed by atoms with Gasteiger partial charge in [0.2, 0.25) is 9.84 Å². The molecule has 0 spiro atoms. The fourth-order valence-electron chi connectivity index (χ4n) is 3.06. The van der Waals surface area contributed by atoms with Gasteiger partial charge in [0.15, 0.2) is 0 Å². The van der Waals surface area contributed by atoms with Gasteiger partial charge in [-0.25, -0.2) is 16.8 Å². The first-order chi connectivity index (χ1) is 13.9. The Labute approximate surface area is 177 Å². The van der Waals surface area contributed by atoms with Crippen molar-refractivity contribution in [3.8, 4) is 5.75 Å². The van der Waals surface area contributed by atoms with Crippen molar-refractivity contribution in [1.82, 2.24) is 0 Å². The fraction of sp³-hybridized carbons (Fsp3) is 0.182. The van der Waals surface area contributed by atoms with Crippen LogP contribution in [0.25, 0.3) is 0 Å². The van der Waals surface area contributed by atoms with E-state index in [-0.39, 0.29) is 31.5 Å². The predicted molar refractivity (Wildman–Crippen MR) is 116 cm³/mol. The van der Waals surface area contributed by atoms with Crippen LogP contribution in [-0.2, 0) is 19.9 Å². The number of aryl methyl sites for hydroxylation is 3. The third-order valence-corrected chi connectivity index (χ3v) is 8.18. The third-order valence-electron chi connectivity index (χ3n) is 4.87. The molecule has 0 aliphatic rings. The molecular formula is C22H23NO5S2. The van der Waals surface area contributed by atoms with Gasteiger partial charge >= 0.3 is 0 Å². The summed E-state index contributed by atoms with van der Waals surface area (Å²) < 4.78 is 54.5. The van der Waals surface area contributed by atoms with Gasteiger partial charge in [0, 0.05) is 0 Å². The van der Waals surface area contributed by atoms with Crippen molar-refractivity contribution in [3.05, 3.63) is 76.9 Å². The van der Waals surface area contributed by atoms with Crippen LogP contribution in [0.4, 0.5) is 5.69 Å². The number of sulfone groups is 1. The molecule has 3 rings (SSSR count). The highest BCUT2D eigenvalue weighted by molar-refractivity contribution is 7.93. The summed E-state index contributed by atoms with van der Waals surface area (Å²) >= 11 is 0. The van der Waals surface area contributed by atoms with Crippen LogP contribution in [-0.4, -0.2) is 21.9 Å². The summed E-state index contributed by atoms with van der Waals surface area (Å²) in [6, 6.07) is 14.0. The van der Waals surface area contributed by atoms with Crippen molar-refractivity contribution in [2.75, 3.05) is 4.72 Å². The molecular weight excluding hydrogens is 422 g/mol. The van der Waals surface area contributed by atoms with Gasteiger partial charge in [0.1, 0.15) is 10.6 Å². The Balaban J connectivity index is 2.14. The topological polar surface area (TPSA) is 101 Å². The second-order valence-corrected chi connectivity index (χ2v) is 10.8. The van der Waals surface area contributed by atoms with Crippen LogP contribution in [0, 0.1) is 27.7 Å². The van der Waals surface area contributed by atoms with E-state index < -0.39 is 25.6 Å². The van der Waals surface area contributed by atoms with Crippen molar-refractivity contribution < 1.29 is 21.9 Å². The van der Waals surface area contributed by atoms with Crippen LogP contribution in [0.15, 0.2) is 69.3 Å². The molecule has 0 saturated carbocycles. The standard InChI is InChI=1S/C22H23NO5S2/c1-14-5-9-18(10-6-14)29(25,26)22-17(4)20(13-16(3)21(22)24)23-30(27,28)19-11-7-15(2)8-12-19/h5-13,23-24H,1-4H3. The van der Waals surface area contributed by atoms with E-state index in [4.69, 9.17) is 0 Å². The van der Waals surface area contributed by atoms with Gasteiger partial charge in [0.25, 0.3) is 10.0 Å². The molecule has 158 valence electrons. The van der Waals surface area contributed by atoms with Gasteiger partial charge in [0.05, 0.1) is 15.5 Å². The van der Waals surface area contributed by atoms with Crippen LogP contribution in [0.1, 0.15) is 22.3 Å². The summed E-state index contributed by atoms with van der Waals surface area (Å²) in [5.41, 5.74) is 2.27. The normalized spacial score (nSPS) is 12.0. The maximum absolute atomic E-state index is 13.2. The SMILES string of the molecule is Cc1ccc(S(=O)(=O)Nc2cc(C)c(O)c(S(=O)(=O)c3ccc(C)cc3)c2C)cc1. The van der Waals surface area contributed by atoms with Crippen molar-refractivity contribution >= 4 is 25.5 Å². The zero-order chi connectivity index (χ0) is 22.3. The second-order valence-electron chi connectivity index (χ2n) is 7.28. The summed E-state index contributed by atoms with van der Waals surface area (Å²) in [7, 11) is -8.01. The Morgan fingerprint density at radius 3 is 1.70 bits per heavy atom. The summed E-state index contributed by atoms with van der Waals surface area (Å²) in [5.74, 6) is -0.397. The van der Waals surface area contributed by atoms with Gasteiger partial charge in [-0.1, -0.05) is 35.4 Å². The van der Waals surface area contributed by atoms with E-state index in [1.807, 2.05) is 13.8 Å². The molecule has 0 aromatic heterocycles. The van der Waals surface area contributed by atoms with Crippen molar-refractivity contribution in [2.45, 2.75) is 42.4 Å². The Morgan fingerprint density at radius 1 is 0.733 bits per heavy atom. The average molecular weight is 446 g/mol. The van der Waals surface area contributed by atoms with E-state index in [1.54, 1.807) is 24.3 Å². The highest BCUT2D eigenvalue weighted by Gasteiger charge is 2.28. The minimum atomic E-state index is -4.07. The Bertz CT molecular complexity index is 1310. The van der Waals surface area contributed by atoms with Gasteiger partial charge in [-0.2, -0.15) is 0 Å². The van der Waals surface area contributed by atoms with Gasteiger partial charge in [-0.05, 0) is 69.2 Å². The average Bonchev–Trinajstić information content (AvgIpc) is 2.66. The van der Waals surface area contributed by atoms with Crippen LogP contribution in [0.3, 0.4) is 0 Å². The van der Waals surface area contributed by atoms with Gasteiger partial charge in [-0.3, -0.25) is 4.72 Å². The van der Waals surface area contributed by atoms with Crippen LogP contribution >= 0.6 is 0 Å². The molecule has 3 aromatic carbocycles. The first kappa shape index (κ1) is 21.9. The number of nitrogens with one attached hydrogen (secondary N) is 1. The Kier molecular flexibility index (Phi) is 5.66. The lowest BCUT2D eigenvalue weighted by Crippen LogP contribution is -2.15. The second kappa shape index (κ2) is 7.77. The van der Waals surface area contributed by atoms with Gasteiger partial charge in [-0.15, -0.1) is 0 Å². The quantitative estimate of drug-likeness (QED) is 0.572. The summed E-state index contributed by atoms with van der Waals surface area (Å²) in [4.78, 5) is -0.237. The molecule has 6 nitrogen and oxygen atoms in total. The summed E-state index contributed by atoms with van der Waals surface area (Å²) in [6.07, 6.45) is 0. The lowest BCUT2D eigenvalue weighted by molar-refractivity contribution is 0.453. The van der Waals surface area contributed by atoms with Gasteiger partial charge < -0.3 is 5.11 Å². The molecule has 0 bridgehead atoms. The largest absolute Gasteiger partial charge is 0.506 e. The maximum atomic E-state index is 13.2. The Morgan fingerprint density at radius 2 is 1.20 bits per heavy atom. The molecule has 0 aliphatic carbocycles. The molecule has 0 heterocycles. The number of benzene rings is 3. The Hall–Kier alpha value is -2.84. The number of anilines is 1. The first-order valence-electron chi connectivity index (χ1n) is 9.18. The van der Waals surface area contributed by atoms with Crippen LogP contribution in [0.2, 0.25) is 0 Å². The van der Waals surface area contributed by atoms with E-state index in [9.17, 15) is 21.9 Å². The molecule has 0 saturated heterocycles. The van der Waals surface area contributed by atoms with E-state index in [1.165, 1.54) is 44.2 Å².